The van der Waals surface area contributed by atoms with Crippen LogP contribution in [0.5, 0.6) is 11.6 Å². The molecule has 0 bridgehead atoms. The Morgan fingerprint density at radius 1 is 0.939 bits per heavy atom. The molecule has 0 spiro atoms. The van der Waals surface area contributed by atoms with Crippen molar-refractivity contribution >= 4 is 23.4 Å². The zero-order valence-electron chi connectivity index (χ0n) is 17.2. The first kappa shape index (κ1) is 21.1. The van der Waals surface area contributed by atoms with Crippen LogP contribution in [0.15, 0.2) is 77.8 Å². The number of fused-ring (bicyclic) bond motifs is 2. The van der Waals surface area contributed by atoms with Gasteiger partial charge in [-0.05, 0) is 60.2 Å². The molecule has 0 fully saturated rings. The second kappa shape index (κ2) is 8.99. The molecule has 5 nitrogen and oxygen atoms in total. The van der Waals surface area contributed by atoms with Gasteiger partial charge in [0.05, 0.1) is 11.3 Å². The maximum atomic E-state index is 13.4. The minimum Gasteiger partial charge on any atom is -0.438 e. The summed E-state index contributed by atoms with van der Waals surface area (Å²) < 4.78 is 32.5. The normalized spacial score (nSPS) is 11.8. The molecule has 164 valence electrons. The van der Waals surface area contributed by atoms with Crippen LogP contribution < -0.4 is 10.1 Å². The first-order valence-electron chi connectivity index (χ1n) is 10.2. The van der Waals surface area contributed by atoms with Crippen molar-refractivity contribution in [2.24, 2.45) is 0 Å². The van der Waals surface area contributed by atoms with Gasteiger partial charge in [-0.2, -0.15) is 4.98 Å². The summed E-state index contributed by atoms with van der Waals surface area (Å²) in [5, 5.41) is 3.36. The average Bonchev–Trinajstić information content (AvgIpc) is 2.83. The third-order valence-corrected chi connectivity index (χ3v) is 6.07. The van der Waals surface area contributed by atoms with Gasteiger partial charge >= 0.3 is 0 Å². The van der Waals surface area contributed by atoms with E-state index in [9.17, 15) is 13.6 Å². The van der Waals surface area contributed by atoms with Gasteiger partial charge in [0, 0.05) is 17.7 Å². The first-order valence-corrected chi connectivity index (χ1v) is 11.1. The monoisotopic (exact) mass is 461 g/mol. The van der Waals surface area contributed by atoms with Crippen LogP contribution in [0.2, 0.25) is 0 Å². The molecule has 2 heterocycles. The van der Waals surface area contributed by atoms with Crippen LogP contribution >= 0.6 is 11.8 Å². The molecule has 1 amide bonds. The number of hydrogen-bond acceptors (Lipinski definition) is 5. The van der Waals surface area contributed by atoms with E-state index in [-0.39, 0.29) is 23.3 Å². The highest BCUT2D eigenvalue weighted by molar-refractivity contribution is 8.00. The summed E-state index contributed by atoms with van der Waals surface area (Å²) in [6.45, 7) is 0. The van der Waals surface area contributed by atoms with Gasteiger partial charge in [0.15, 0.2) is 5.82 Å². The molecular weight excluding hydrogens is 444 g/mol. The van der Waals surface area contributed by atoms with Gasteiger partial charge in [-0.15, -0.1) is 0 Å². The van der Waals surface area contributed by atoms with Crippen molar-refractivity contribution in [3.05, 3.63) is 95.6 Å². The lowest BCUT2D eigenvalue weighted by atomic mass is 10.0. The number of thioether (sulfide) groups is 1. The predicted octanol–water partition coefficient (Wildman–Crippen LogP) is 5.85. The minimum absolute atomic E-state index is 0.0886. The highest BCUT2D eigenvalue weighted by Gasteiger charge is 2.24. The number of halogens is 2. The molecule has 33 heavy (non-hydrogen) atoms. The third-order valence-electron chi connectivity index (χ3n) is 5.05. The molecule has 0 atom stereocenters. The number of carbonyl (C=O) groups is 1. The molecule has 1 aliphatic heterocycles. The van der Waals surface area contributed by atoms with Crippen molar-refractivity contribution in [1.82, 2.24) is 9.97 Å². The number of para-hydroxylation sites is 1. The van der Waals surface area contributed by atoms with Crippen molar-refractivity contribution in [2.75, 3.05) is 11.1 Å². The van der Waals surface area contributed by atoms with Crippen molar-refractivity contribution in [3.8, 4) is 23.0 Å². The van der Waals surface area contributed by atoms with E-state index in [2.05, 4.69) is 15.3 Å². The summed E-state index contributed by atoms with van der Waals surface area (Å²) in [5.74, 6) is 0.639. The van der Waals surface area contributed by atoms with Gasteiger partial charge in [-0.25, -0.2) is 13.8 Å². The molecule has 4 aromatic rings. The van der Waals surface area contributed by atoms with E-state index in [4.69, 9.17) is 4.74 Å². The Hall–Kier alpha value is -3.78. The van der Waals surface area contributed by atoms with Gasteiger partial charge in [0.1, 0.15) is 22.4 Å². The standard InChI is InChI=1S/C25H17F2N3O2S/c26-17-7-5-15(6-8-17)23-29-24-20(13-16-3-1-2-4-21(16)32-24)25(30-23)33-14-22(31)28-19-11-9-18(27)10-12-19/h1-12H,13-14H2,(H,28,31). The average molecular weight is 461 g/mol. The SMILES string of the molecule is O=C(CSc1nc(-c2ccc(F)cc2)nc2c1Cc1ccccc1O2)Nc1ccc(F)cc1. The molecule has 0 aliphatic carbocycles. The number of aromatic nitrogens is 2. The number of ether oxygens (including phenoxy) is 1. The van der Waals surface area contributed by atoms with Gasteiger partial charge in [0.25, 0.3) is 0 Å². The topological polar surface area (TPSA) is 64.1 Å². The van der Waals surface area contributed by atoms with Crippen LogP contribution in [0.3, 0.4) is 0 Å². The Labute approximate surface area is 192 Å². The lowest BCUT2D eigenvalue weighted by Crippen LogP contribution is -2.15. The molecular formula is C25H17F2N3O2S. The van der Waals surface area contributed by atoms with Crippen LogP contribution in [0.25, 0.3) is 11.4 Å². The van der Waals surface area contributed by atoms with Crippen LogP contribution in [0.4, 0.5) is 14.5 Å². The first-order chi connectivity index (χ1) is 16.0. The Kier molecular flexibility index (Phi) is 5.75. The summed E-state index contributed by atoms with van der Waals surface area (Å²) in [7, 11) is 0. The number of benzene rings is 3. The predicted molar refractivity (Wildman–Crippen MR) is 123 cm³/mol. The molecule has 1 aliphatic rings. The number of carbonyl (C=O) groups excluding carboxylic acids is 1. The number of nitrogens with zero attached hydrogens (tertiary/aromatic N) is 2. The smallest absolute Gasteiger partial charge is 0.234 e. The fraction of sp³-hybridized carbons (Fsp3) is 0.0800. The third kappa shape index (κ3) is 4.70. The van der Waals surface area contributed by atoms with Crippen LogP contribution in [-0.4, -0.2) is 21.6 Å². The van der Waals surface area contributed by atoms with Crippen molar-refractivity contribution in [3.63, 3.8) is 0 Å². The van der Waals surface area contributed by atoms with E-state index in [1.807, 2.05) is 24.3 Å². The molecule has 0 unspecified atom stereocenters. The van der Waals surface area contributed by atoms with Crippen molar-refractivity contribution in [2.45, 2.75) is 11.4 Å². The number of hydrogen-bond donors (Lipinski definition) is 1. The maximum Gasteiger partial charge on any atom is 0.234 e. The zero-order chi connectivity index (χ0) is 22.8. The number of anilines is 1. The Morgan fingerprint density at radius 2 is 1.64 bits per heavy atom. The second-order valence-electron chi connectivity index (χ2n) is 7.37. The summed E-state index contributed by atoms with van der Waals surface area (Å²) in [6.07, 6.45) is 0.567. The van der Waals surface area contributed by atoms with Gasteiger partial charge in [-0.3, -0.25) is 4.79 Å². The molecule has 5 rings (SSSR count). The van der Waals surface area contributed by atoms with Crippen molar-refractivity contribution in [1.29, 1.82) is 0 Å². The van der Waals surface area contributed by atoms with E-state index >= 15 is 0 Å². The minimum atomic E-state index is -0.372. The molecule has 1 aromatic heterocycles. The van der Waals surface area contributed by atoms with Gasteiger partial charge < -0.3 is 10.1 Å². The number of amides is 1. The van der Waals surface area contributed by atoms with Crippen molar-refractivity contribution < 1.29 is 18.3 Å². The quantitative estimate of drug-likeness (QED) is 0.263. The molecule has 1 N–H and O–H groups in total. The van der Waals surface area contributed by atoms with Gasteiger partial charge in [-0.1, -0.05) is 30.0 Å². The number of rotatable bonds is 5. The molecule has 0 saturated heterocycles. The molecule has 8 heteroatoms. The van der Waals surface area contributed by atoms with Gasteiger partial charge in [0.2, 0.25) is 11.8 Å². The molecule has 0 saturated carbocycles. The largest absolute Gasteiger partial charge is 0.438 e. The van der Waals surface area contributed by atoms with Crippen LogP contribution in [-0.2, 0) is 11.2 Å². The number of nitrogens with one attached hydrogen (secondary N) is 1. The van der Waals surface area contributed by atoms with E-state index in [1.165, 1.54) is 48.2 Å². The summed E-state index contributed by atoms with van der Waals surface area (Å²) >= 11 is 1.26. The van der Waals surface area contributed by atoms with E-state index < -0.39 is 0 Å². The van der Waals surface area contributed by atoms with E-state index in [1.54, 1.807) is 12.1 Å². The van der Waals surface area contributed by atoms with E-state index in [0.717, 1.165) is 16.9 Å². The highest BCUT2D eigenvalue weighted by Crippen LogP contribution is 2.40. The van der Waals surface area contributed by atoms with Crippen LogP contribution in [0, 0.1) is 11.6 Å². The lowest BCUT2D eigenvalue weighted by Gasteiger charge is -2.21. The maximum absolute atomic E-state index is 13.4. The molecule has 3 aromatic carbocycles. The Morgan fingerprint density at radius 3 is 2.39 bits per heavy atom. The fourth-order valence-electron chi connectivity index (χ4n) is 3.44. The second-order valence-corrected chi connectivity index (χ2v) is 8.34. The van der Waals surface area contributed by atoms with E-state index in [0.29, 0.717) is 34.4 Å². The summed E-state index contributed by atoms with van der Waals surface area (Å²) in [6, 6.07) is 19.1. The molecule has 0 radical (unpaired) electrons. The Bertz CT molecular complexity index is 1330. The summed E-state index contributed by atoms with van der Waals surface area (Å²) in [4.78, 5) is 21.7. The summed E-state index contributed by atoms with van der Waals surface area (Å²) in [5.41, 5.74) is 2.94. The fourth-order valence-corrected chi connectivity index (χ4v) is 4.26. The van der Waals surface area contributed by atoms with Crippen LogP contribution in [0.1, 0.15) is 11.1 Å². The highest BCUT2D eigenvalue weighted by atomic mass is 32.2. The zero-order valence-corrected chi connectivity index (χ0v) is 18.0. The Balaban J connectivity index is 1.43. The lowest BCUT2D eigenvalue weighted by molar-refractivity contribution is -0.113.